The van der Waals surface area contributed by atoms with E-state index in [9.17, 15) is 14.4 Å². The van der Waals surface area contributed by atoms with Gasteiger partial charge in [-0.05, 0) is 61.2 Å². The molecule has 0 aliphatic heterocycles. The van der Waals surface area contributed by atoms with Crippen LogP contribution >= 0.6 is 0 Å². The van der Waals surface area contributed by atoms with Gasteiger partial charge < -0.3 is 31.1 Å². The quantitative estimate of drug-likeness (QED) is 0.193. The monoisotopic (exact) mass is 552 g/mol. The average Bonchev–Trinajstić information content (AvgIpc) is 3.69. The fraction of sp³-hybridized carbons (Fsp3) is 0.767. The zero-order valence-corrected chi connectivity index (χ0v) is 23.8. The predicted octanol–water partition coefficient (Wildman–Crippen LogP) is 4.66. The van der Waals surface area contributed by atoms with Crippen LogP contribution in [-0.4, -0.2) is 57.6 Å². The number of hydrogen-bond donors (Lipinski definition) is 5. The second-order valence-corrected chi connectivity index (χ2v) is 12.2. The Bertz CT molecular complexity index is 845. The SMILES string of the molecule is C.C#CCCC[C@@H]1C[C@H]1O.C#CCCC[C@@H]1C[C@H]1OC(=O)N[C@H](C(=O)O)C(C)(C)C.CC(C)(C)[C@H](N)C(=O)O. The van der Waals surface area contributed by atoms with Crippen molar-refractivity contribution in [3.63, 3.8) is 0 Å². The Morgan fingerprint density at radius 2 is 1.38 bits per heavy atom. The number of terminal acetylenes is 2. The number of nitrogens with one attached hydrogen (secondary N) is 1. The topological polar surface area (TPSA) is 159 Å². The molecular weight excluding hydrogens is 500 g/mol. The van der Waals surface area contributed by atoms with E-state index < -0.39 is 35.5 Å². The molecule has 9 heteroatoms. The third kappa shape index (κ3) is 17.5. The first-order chi connectivity index (χ1) is 17.4. The number of aliphatic hydroxyl groups excluding tert-OH is 1. The van der Waals surface area contributed by atoms with E-state index in [-0.39, 0.29) is 25.0 Å². The molecule has 224 valence electrons. The number of aliphatic carboxylic acids is 2. The molecule has 2 rings (SSSR count). The molecule has 9 nitrogen and oxygen atoms in total. The van der Waals surface area contributed by atoms with E-state index in [0.717, 1.165) is 51.4 Å². The third-order valence-electron chi connectivity index (χ3n) is 6.37. The number of nitrogens with two attached hydrogens (primary N) is 1. The highest BCUT2D eigenvalue weighted by Crippen LogP contribution is 2.38. The molecule has 1 amide bonds. The zero-order valence-electron chi connectivity index (χ0n) is 23.8. The molecule has 2 aliphatic rings. The van der Waals surface area contributed by atoms with Crippen molar-refractivity contribution in [2.45, 2.75) is 125 Å². The Morgan fingerprint density at radius 1 is 0.923 bits per heavy atom. The van der Waals surface area contributed by atoms with Crippen molar-refractivity contribution in [1.29, 1.82) is 0 Å². The molecule has 0 radical (unpaired) electrons. The second-order valence-electron chi connectivity index (χ2n) is 12.2. The van der Waals surface area contributed by atoms with Gasteiger partial charge >= 0.3 is 18.0 Å². The van der Waals surface area contributed by atoms with Crippen LogP contribution in [0.25, 0.3) is 0 Å². The van der Waals surface area contributed by atoms with Crippen LogP contribution in [0.4, 0.5) is 4.79 Å². The molecule has 0 heterocycles. The normalized spacial score (nSPS) is 22.3. The Morgan fingerprint density at radius 3 is 1.69 bits per heavy atom. The van der Waals surface area contributed by atoms with Gasteiger partial charge in [-0.2, -0.15) is 0 Å². The number of aliphatic hydroxyl groups is 1. The van der Waals surface area contributed by atoms with Gasteiger partial charge in [-0.25, -0.2) is 9.59 Å². The first-order valence-corrected chi connectivity index (χ1v) is 13.2. The largest absolute Gasteiger partial charge is 0.480 e. The lowest BCUT2D eigenvalue weighted by Gasteiger charge is -2.27. The number of carbonyl (C=O) groups excluding carboxylic acids is 1. The molecule has 0 spiro atoms. The van der Waals surface area contributed by atoms with E-state index in [2.05, 4.69) is 17.2 Å². The fourth-order valence-electron chi connectivity index (χ4n) is 3.45. The van der Waals surface area contributed by atoms with Crippen LogP contribution < -0.4 is 11.1 Å². The number of carbonyl (C=O) groups is 3. The number of ether oxygens (including phenoxy) is 1. The van der Waals surface area contributed by atoms with Crippen LogP contribution in [0.5, 0.6) is 0 Å². The number of hydrogen-bond acceptors (Lipinski definition) is 6. The summed E-state index contributed by atoms with van der Waals surface area (Å²) in [6, 6.07) is -1.73. The van der Waals surface area contributed by atoms with Gasteiger partial charge in [-0.15, -0.1) is 24.7 Å². The van der Waals surface area contributed by atoms with Crippen LogP contribution in [0.3, 0.4) is 0 Å². The summed E-state index contributed by atoms with van der Waals surface area (Å²) < 4.78 is 5.22. The summed E-state index contributed by atoms with van der Waals surface area (Å²) in [5.74, 6) is 4.11. The maximum absolute atomic E-state index is 11.7. The van der Waals surface area contributed by atoms with Crippen molar-refractivity contribution < 1.29 is 34.4 Å². The van der Waals surface area contributed by atoms with Gasteiger partial charge in [0.05, 0.1) is 6.10 Å². The second kappa shape index (κ2) is 17.8. The Hall–Kier alpha value is -2.75. The highest BCUT2D eigenvalue weighted by Gasteiger charge is 2.41. The molecule has 2 aliphatic carbocycles. The van der Waals surface area contributed by atoms with E-state index in [4.69, 9.17) is 38.6 Å². The van der Waals surface area contributed by atoms with Crippen LogP contribution in [0, 0.1) is 47.4 Å². The minimum Gasteiger partial charge on any atom is -0.480 e. The number of carboxylic acids is 2. The maximum atomic E-state index is 11.7. The smallest absolute Gasteiger partial charge is 0.408 e. The standard InChI is InChI=1S/C15H23NO4.C8H12O.C6H13NO2.CH4/c1-5-6-7-8-10-9-11(10)20-14(19)16-12(13(17)18)15(2,3)4;1-2-3-4-5-7-6-8(7)9;1-6(2,3)4(7)5(8)9;/h1,10-12H,6-9H2,2-4H3,(H,16,19)(H,17,18);1,7-9H,3-6H2;4H,7H2,1-3H3,(H,8,9);1H4/t10-,11-,12-;7-,8-;4-;/m111./s1. The lowest BCUT2D eigenvalue weighted by molar-refractivity contribution is -0.142. The van der Waals surface area contributed by atoms with Gasteiger partial charge in [0, 0.05) is 12.8 Å². The predicted molar refractivity (Wildman–Crippen MR) is 154 cm³/mol. The maximum Gasteiger partial charge on any atom is 0.408 e. The molecule has 6 N–H and O–H groups in total. The molecule has 0 aromatic carbocycles. The highest BCUT2D eigenvalue weighted by atomic mass is 16.6. The highest BCUT2D eigenvalue weighted by molar-refractivity contribution is 5.80. The molecule has 39 heavy (non-hydrogen) atoms. The van der Waals surface area contributed by atoms with Gasteiger partial charge in [-0.1, -0.05) is 49.0 Å². The summed E-state index contributed by atoms with van der Waals surface area (Å²) in [6.07, 6.45) is 17.0. The van der Waals surface area contributed by atoms with Gasteiger partial charge in [0.25, 0.3) is 0 Å². The molecule has 6 atom stereocenters. The van der Waals surface area contributed by atoms with Crippen LogP contribution in [0.15, 0.2) is 0 Å². The molecule has 2 fully saturated rings. The zero-order chi connectivity index (χ0) is 29.7. The van der Waals surface area contributed by atoms with Crippen molar-refractivity contribution in [3.05, 3.63) is 0 Å². The molecule has 0 aromatic heterocycles. The number of unbranched alkanes of at least 4 members (excludes halogenated alkanes) is 2. The van der Waals surface area contributed by atoms with Gasteiger partial charge in [0.15, 0.2) is 0 Å². The van der Waals surface area contributed by atoms with E-state index in [1.54, 1.807) is 41.5 Å². The number of amides is 1. The number of alkyl carbamates (subject to hydrolysis) is 1. The van der Waals surface area contributed by atoms with E-state index >= 15 is 0 Å². The van der Waals surface area contributed by atoms with Crippen molar-refractivity contribution in [1.82, 2.24) is 5.32 Å². The molecule has 2 saturated carbocycles. The summed E-state index contributed by atoms with van der Waals surface area (Å²) in [7, 11) is 0. The summed E-state index contributed by atoms with van der Waals surface area (Å²) in [6.45, 7) is 10.7. The van der Waals surface area contributed by atoms with Crippen molar-refractivity contribution in [2.24, 2.45) is 28.4 Å². The first kappa shape index (κ1) is 38.4. The molecule has 0 bridgehead atoms. The van der Waals surface area contributed by atoms with Gasteiger partial charge in [0.2, 0.25) is 0 Å². The van der Waals surface area contributed by atoms with E-state index in [1.807, 2.05) is 0 Å². The Balaban J connectivity index is 0. The summed E-state index contributed by atoms with van der Waals surface area (Å²) in [4.78, 5) is 33.1. The Kier molecular flexibility index (Phi) is 17.5. The van der Waals surface area contributed by atoms with E-state index in [1.165, 1.54) is 0 Å². The summed E-state index contributed by atoms with van der Waals surface area (Å²) >= 11 is 0. The minimum atomic E-state index is -1.06. The Labute approximate surface area is 235 Å². The fourth-order valence-corrected chi connectivity index (χ4v) is 3.45. The molecule has 0 aromatic rings. The first-order valence-electron chi connectivity index (χ1n) is 13.2. The van der Waals surface area contributed by atoms with Gasteiger partial charge in [-0.3, -0.25) is 4.79 Å². The van der Waals surface area contributed by atoms with E-state index in [0.29, 0.717) is 11.8 Å². The van der Waals surface area contributed by atoms with Crippen molar-refractivity contribution in [2.75, 3.05) is 0 Å². The average molecular weight is 553 g/mol. The third-order valence-corrected chi connectivity index (χ3v) is 6.37. The van der Waals surface area contributed by atoms with Crippen LogP contribution in [0.2, 0.25) is 0 Å². The number of rotatable bonds is 10. The molecule has 0 unspecified atom stereocenters. The van der Waals surface area contributed by atoms with Gasteiger partial charge in [0.1, 0.15) is 18.2 Å². The summed E-state index contributed by atoms with van der Waals surface area (Å²) in [5, 5.41) is 28.8. The molecular formula is C30H52N2O7. The van der Waals surface area contributed by atoms with Crippen molar-refractivity contribution in [3.8, 4) is 24.7 Å². The van der Waals surface area contributed by atoms with Crippen LogP contribution in [-0.2, 0) is 14.3 Å². The summed E-state index contributed by atoms with van der Waals surface area (Å²) in [5.41, 5.74) is 4.38. The molecule has 0 saturated heterocycles. The van der Waals surface area contributed by atoms with Crippen molar-refractivity contribution >= 4 is 18.0 Å². The number of carboxylic acid groups (broad SMARTS) is 2. The lowest BCUT2D eigenvalue weighted by atomic mass is 9.87. The lowest BCUT2D eigenvalue weighted by Crippen LogP contribution is -2.49. The minimum absolute atomic E-state index is 0. The van der Waals surface area contributed by atoms with Crippen LogP contribution in [0.1, 0.15) is 100 Å².